The highest BCUT2D eigenvalue weighted by molar-refractivity contribution is 7.92. The molecule has 5 rings (SSSR count). The second kappa shape index (κ2) is 9.46. The van der Waals surface area contributed by atoms with E-state index in [1.165, 1.54) is 0 Å². The van der Waals surface area contributed by atoms with Gasteiger partial charge in [0.05, 0.1) is 47.7 Å². The fraction of sp³-hybridized carbons (Fsp3) is 0.333. The molecule has 0 spiro atoms. The molecule has 9 heteroatoms. The lowest BCUT2D eigenvalue weighted by molar-refractivity contribution is 0.579. The summed E-state index contributed by atoms with van der Waals surface area (Å²) in [6, 6.07) is 13.3. The van der Waals surface area contributed by atoms with E-state index in [9.17, 15) is 8.42 Å². The van der Waals surface area contributed by atoms with Crippen LogP contribution in [0, 0.1) is 0 Å². The lowest BCUT2D eigenvalue weighted by atomic mass is 9.85. The van der Waals surface area contributed by atoms with E-state index in [4.69, 9.17) is 0 Å². The predicted molar refractivity (Wildman–Crippen MR) is 141 cm³/mol. The van der Waals surface area contributed by atoms with Crippen molar-refractivity contribution >= 4 is 21.4 Å². The number of para-hydroxylation sites is 1. The van der Waals surface area contributed by atoms with Crippen LogP contribution in [0.25, 0.3) is 0 Å². The van der Waals surface area contributed by atoms with E-state index in [2.05, 4.69) is 45.6 Å². The number of H-pyrrole nitrogens is 2. The summed E-state index contributed by atoms with van der Waals surface area (Å²) >= 11 is 0. The first-order valence-corrected chi connectivity index (χ1v) is 13.6. The summed E-state index contributed by atoms with van der Waals surface area (Å²) in [6.07, 6.45) is 8.59. The largest absolute Gasteiger partial charge is 0.359 e. The van der Waals surface area contributed by atoms with Gasteiger partial charge in [-0.3, -0.25) is 4.31 Å². The molecule has 0 saturated carbocycles. The van der Waals surface area contributed by atoms with Crippen LogP contribution >= 0.6 is 0 Å². The van der Waals surface area contributed by atoms with Gasteiger partial charge in [-0.2, -0.15) is 0 Å². The number of sulfonamides is 1. The SMILES string of the molecule is CC(C)(C)c1ccc(S(=O)(=O)N2CCCc3ccccc32)cc1N(Cc1cnc[nH]1)Cc1cnc[nH]1. The second-order valence-electron chi connectivity index (χ2n) is 10.2. The number of imidazole rings is 2. The Labute approximate surface area is 212 Å². The van der Waals surface area contributed by atoms with E-state index in [-0.39, 0.29) is 5.41 Å². The van der Waals surface area contributed by atoms with Gasteiger partial charge in [0.1, 0.15) is 0 Å². The third kappa shape index (κ3) is 4.75. The number of hydrogen-bond donors (Lipinski definition) is 2. The number of aromatic amines is 2. The Bertz CT molecular complexity index is 1390. The first-order chi connectivity index (χ1) is 17.2. The summed E-state index contributed by atoms with van der Waals surface area (Å²) in [5.41, 5.74) is 5.46. The van der Waals surface area contributed by atoms with E-state index in [1.807, 2.05) is 36.4 Å². The quantitative estimate of drug-likeness (QED) is 0.378. The maximum absolute atomic E-state index is 14.0. The molecule has 2 aromatic carbocycles. The van der Waals surface area contributed by atoms with Gasteiger partial charge in [0.2, 0.25) is 0 Å². The van der Waals surface area contributed by atoms with Crippen LogP contribution in [0.4, 0.5) is 11.4 Å². The third-order valence-corrected chi connectivity index (χ3v) is 8.41. The first kappa shape index (κ1) is 24.1. The lowest BCUT2D eigenvalue weighted by Crippen LogP contribution is -2.35. The lowest BCUT2D eigenvalue weighted by Gasteiger charge is -2.33. The number of hydrogen-bond acceptors (Lipinski definition) is 5. The molecule has 0 bridgehead atoms. The Morgan fingerprint density at radius 3 is 2.25 bits per heavy atom. The molecule has 36 heavy (non-hydrogen) atoms. The molecule has 0 radical (unpaired) electrons. The van der Waals surface area contributed by atoms with E-state index >= 15 is 0 Å². The summed E-state index contributed by atoms with van der Waals surface area (Å²) in [7, 11) is -3.75. The average molecular weight is 505 g/mol. The molecule has 4 aromatic rings. The van der Waals surface area contributed by atoms with Gasteiger partial charge in [-0.25, -0.2) is 18.4 Å². The normalized spacial score (nSPS) is 14.0. The maximum Gasteiger partial charge on any atom is 0.264 e. The van der Waals surface area contributed by atoms with E-state index in [0.717, 1.165) is 46.7 Å². The number of aryl methyl sites for hydroxylation is 1. The Balaban J connectivity index is 1.61. The third-order valence-electron chi connectivity index (χ3n) is 6.61. The van der Waals surface area contributed by atoms with Gasteiger partial charge in [0.25, 0.3) is 10.0 Å². The minimum Gasteiger partial charge on any atom is -0.359 e. The molecule has 1 aliphatic heterocycles. The summed E-state index contributed by atoms with van der Waals surface area (Å²) in [4.78, 5) is 17.2. The van der Waals surface area contributed by atoms with Crippen LogP contribution in [0.1, 0.15) is 49.7 Å². The van der Waals surface area contributed by atoms with Gasteiger partial charge in [-0.05, 0) is 47.6 Å². The highest BCUT2D eigenvalue weighted by atomic mass is 32.2. The number of nitrogens with zero attached hydrogens (tertiary/aromatic N) is 4. The van der Waals surface area contributed by atoms with Crippen molar-refractivity contribution in [1.82, 2.24) is 19.9 Å². The number of anilines is 2. The van der Waals surface area contributed by atoms with Crippen molar-refractivity contribution in [2.24, 2.45) is 0 Å². The monoisotopic (exact) mass is 504 g/mol. The van der Waals surface area contributed by atoms with Crippen LogP contribution in [-0.4, -0.2) is 34.9 Å². The van der Waals surface area contributed by atoms with Crippen LogP contribution < -0.4 is 9.21 Å². The van der Waals surface area contributed by atoms with Gasteiger partial charge in [-0.15, -0.1) is 0 Å². The molecular formula is C27H32N6O2S. The minimum absolute atomic E-state index is 0.199. The molecule has 0 atom stereocenters. The van der Waals surface area contributed by atoms with Crippen molar-refractivity contribution in [3.05, 3.63) is 90.0 Å². The second-order valence-corrected chi connectivity index (χ2v) is 12.1. The summed E-state index contributed by atoms with van der Waals surface area (Å²) in [5.74, 6) is 0. The smallest absolute Gasteiger partial charge is 0.264 e. The van der Waals surface area contributed by atoms with Crippen LogP contribution in [0.2, 0.25) is 0 Å². The number of rotatable bonds is 7. The standard InChI is InChI=1S/C27H32N6O2S/c1-27(2,3)24-11-10-23(36(34,35)33-12-6-8-20-7-4-5-9-25(20)33)13-26(24)32(16-21-14-28-18-30-21)17-22-15-29-19-31-22/h4-5,7,9-11,13-15,18-19H,6,8,12,16-17H2,1-3H3,(H,28,30)(H,29,31). The molecular weight excluding hydrogens is 472 g/mol. The molecule has 3 heterocycles. The van der Waals surface area contributed by atoms with Gasteiger partial charge in [-0.1, -0.05) is 45.0 Å². The number of nitrogens with one attached hydrogen (secondary N) is 2. The van der Waals surface area contributed by atoms with Crippen molar-refractivity contribution in [1.29, 1.82) is 0 Å². The molecule has 188 valence electrons. The van der Waals surface area contributed by atoms with Crippen LogP contribution in [0.15, 0.2) is 72.4 Å². The molecule has 0 saturated heterocycles. The van der Waals surface area contributed by atoms with Crippen LogP contribution in [-0.2, 0) is 34.9 Å². The van der Waals surface area contributed by atoms with Gasteiger partial charge >= 0.3 is 0 Å². The molecule has 0 amide bonds. The van der Waals surface area contributed by atoms with Crippen molar-refractivity contribution in [3.8, 4) is 0 Å². The zero-order valence-corrected chi connectivity index (χ0v) is 21.7. The molecule has 0 aliphatic carbocycles. The van der Waals surface area contributed by atoms with Gasteiger partial charge in [0.15, 0.2) is 0 Å². The fourth-order valence-corrected chi connectivity index (χ4v) is 6.39. The fourth-order valence-electron chi connectivity index (χ4n) is 4.82. The zero-order valence-electron chi connectivity index (χ0n) is 20.9. The Morgan fingerprint density at radius 1 is 0.972 bits per heavy atom. The minimum atomic E-state index is -3.75. The Hall–Kier alpha value is -3.59. The van der Waals surface area contributed by atoms with Crippen molar-refractivity contribution < 1.29 is 8.42 Å². The summed E-state index contributed by atoms with van der Waals surface area (Å²) in [5, 5.41) is 0. The van der Waals surface area contributed by atoms with Crippen molar-refractivity contribution in [3.63, 3.8) is 0 Å². The summed E-state index contributed by atoms with van der Waals surface area (Å²) < 4.78 is 29.6. The van der Waals surface area contributed by atoms with Gasteiger partial charge in [0, 0.05) is 24.6 Å². The van der Waals surface area contributed by atoms with Crippen molar-refractivity contribution in [2.45, 2.75) is 57.0 Å². The molecule has 0 unspecified atom stereocenters. The van der Waals surface area contributed by atoms with E-state index in [1.54, 1.807) is 35.4 Å². The Kier molecular flexibility index (Phi) is 6.34. The number of fused-ring (bicyclic) bond motifs is 1. The highest BCUT2D eigenvalue weighted by Crippen LogP contribution is 2.38. The topological polar surface area (TPSA) is 98.0 Å². The van der Waals surface area contributed by atoms with Crippen LogP contribution in [0.3, 0.4) is 0 Å². The van der Waals surface area contributed by atoms with Gasteiger partial charge < -0.3 is 14.9 Å². The number of benzene rings is 2. The molecule has 8 nitrogen and oxygen atoms in total. The predicted octanol–water partition coefficient (Wildman–Crippen LogP) is 4.78. The molecule has 0 fully saturated rings. The summed E-state index contributed by atoms with van der Waals surface area (Å²) in [6.45, 7) is 7.99. The van der Waals surface area contributed by atoms with Crippen molar-refractivity contribution in [2.75, 3.05) is 15.7 Å². The molecule has 1 aliphatic rings. The zero-order chi connectivity index (χ0) is 25.3. The highest BCUT2D eigenvalue weighted by Gasteiger charge is 2.31. The maximum atomic E-state index is 14.0. The Morgan fingerprint density at radius 2 is 1.64 bits per heavy atom. The van der Waals surface area contributed by atoms with Crippen LogP contribution in [0.5, 0.6) is 0 Å². The van der Waals surface area contributed by atoms with E-state index < -0.39 is 10.0 Å². The van der Waals surface area contributed by atoms with E-state index in [0.29, 0.717) is 24.5 Å². The first-order valence-electron chi connectivity index (χ1n) is 12.2. The average Bonchev–Trinajstić information content (AvgIpc) is 3.57. The number of aromatic nitrogens is 4. The molecule has 2 N–H and O–H groups in total. The molecule has 2 aromatic heterocycles.